The van der Waals surface area contributed by atoms with Gasteiger partial charge in [0.2, 0.25) is 0 Å². The van der Waals surface area contributed by atoms with Gasteiger partial charge in [0.25, 0.3) is 0 Å². The number of ether oxygens (including phenoxy) is 1. The molecule has 6 heteroatoms. The van der Waals surface area contributed by atoms with E-state index in [1.807, 2.05) is 18.3 Å². The van der Waals surface area contributed by atoms with Crippen molar-refractivity contribution in [3.05, 3.63) is 88.2 Å². The second-order valence-electron chi connectivity index (χ2n) is 7.35. The summed E-state index contributed by atoms with van der Waals surface area (Å²) >= 11 is 0. The number of rotatable bonds is 6. The van der Waals surface area contributed by atoms with Crippen molar-refractivity contribution in [2.75, 3.05) is 12.4 Å². The van der Waals surface area contributed by atoms with Crippen LogP contribution in [0.4, 0.5) is 10.5 Å². The second-order valence-corrected chi connectivity index (χ2v) is 7.35. The van der Waals surface area contributed by atoms with Gasteiger partial charge in [-0.3, -0.25) is 0 Å². The normalized spacial score (nSPS) is 10.5. The molecule has 3 rings (SSSR count). The zero-order valence-electron chi connectivity index (χ0n) is 17.8. The van der Waals surface area contributed by atoms with Crippen LogP contribution >= 0.6 is 0 Å². The molecule has 2 N–H and O–H groups in total. The molecule has 2 aromatic carbocycles. The Balaban J connectivity index is 1.67. The predicted octanol–water partition coefficient (Wildman–Crippen LogP) is 4.57. The number of amides is 2. The maximum absolute atomic E-state index is 12.4. The number of hydrogen-bond donors (Lipinski definition) is 2. The third kappa shape index (κ3) is 4.89. The van der Waals surface area contributed by atoms with Crippen LogP contribution in [0, 0.1) is 20.8 Å². The highest BCUT2D eigenvalue weighted by Crippen LogP contribution is 2.19. The topological polar surface area (TPSA) is 72.4 Å². The van der Waals surface area contributed by atoms with Crippen molar-refractivity contribution < 1.29 is 14.3 Å². The number of anilines is 1. The standard InChI is InChI=1S/C24H27N3O3/c1-16-12-17(2)21(18(3)13-16)15-27-11-7-8-19(27)14-25-24(29)26-22-10-6-5-9-20(22)23(28)30-4/h5-13H,14-15H2,1-4H3,(H2,25,26,29). The van der Waals surface area contributed by atoms with Gasteiger partial charge < -0.3 is 19.9 Å². The molecule has 0 radical (unpaired) electrons. The van der Waals surface area contributed by atoms with Crippen LogP contribution in [0.2, 0.25) is 0 Å². The van der Waals surface area contributed by atoms with Crippen LogP contribution in [0.25, 0.3) is 0 Å². The van der Waals surface area contributed by atoms with Crippen LogP contribution in [0.15, 0.2) is 54.7 Å². The number of para-hydroxylation sites is 1. The molecule has 2 amide bonds. The minimum atomic E-state index is -0.497. The number of esters is 1. The lowest BCUT2D eigenvalue weighted by molar-refractivity contribution is 0.0602. The van der Waals surface area contributed by atoms with Crippen LogP contribution in [0.3, 0.4) is 0 Å². The fourth-order valence-electron chi connectivity index (χ4n) is 3.61. The largest absolute Gasteiger partial charge is 0.465 e. The monoisotopic (exact) mass is 405 g/mol. The lowest BCUT2D eigenvalue weighted by Crippen LogP contribution is -2.29. The fraction of sp³-hybridized carbons (Fsp3) is 0.250. The molecule has 30 heavy (non-hydrogen) atoms. The molecule has 0 aliphatic heterocycles. The van der Waals surface area contributed by atoms with Crippen LogP contribution in [0.1, 0.15) is 38.3 Å². The average Bonchev–Trinajstić information content (AvgIpc) is 3.16. The van der Waals surface area contributed by atoms with E-state index in [0.717, 1.165) is 12.2 Å². The number of nitrogens with zero attached hydrogens (tertiary/aromatic N) is 1. The highest BCUT2D eigenvalue weighted by molar-refractivity contribution is 6.00. The van der Waals surface area contributed by atoms with Gasteiger partial charge in [-0.15, -0.1) is 0 Å². The Morgan fingerprint density at radius 1 is 1.00 bits per heavy atom. The van der Waals surface area contributed by atoms with Crippen molar-refractivity contribution in [3.63, 3.8) is 0 Å². The Bertz CT molecular complexity index is 1050. The Morgan fingerprint density at radius 3 is 2.40 bits per heavy atom. The van der Waals surface area contributed by atoms with Gasteiger partial charge in [-0.25, -0.2) is 9.59 Å². The maximum Gasteiger partial charge on any atom is 0.339 e. The number of benzene rings is 2. The first-order chi connectivity index (χ1) is 14.4. The molecule has 0 spiro atoms. The first-order valence-corrected chi connectivity index (χ1v) is 9.82. The Hall–Kier alpha value is -3.54. The van der Waals surface area contributed by atoms with Crippen molar-refractivity contribution in [1.29, 1.82) is 0 Å². The summed E-state index contributed by atoms with van der Waals surface area (Å²) in [6, 6.07) is 14.7. The summed E-state index contributed by atoms with van der Waals surface area (Å²) in [5.41, 5.74) is 6.77. The third-order valence-electron chi connectivity index (χ3n) is 5.10. The fourth-order valence-corrected chi connectivity index (χ4v) is 3.61. The third-order valence-corrected chi connectivity index (χ3v) is 5.10. The molecular formula is C24H27N3O3. The molecule has 0 atom stereocenters. The minimum Gasteiger partial charge on any atom is -0.465 e. The number of nitrogens with one attached hydrogen (secondary N) is 2. The van der Waals surface area contributed by atoms with Crippen LogP contribution in [-0.2, 0) is 17.8 Å². The second kappa shape index (κ2) is 9.31. The summed E-state index contributed by atoms with van der Waals surface area (Å²) < 4.78 is 6.89. The summed E-state index contributed by atoms with van der Waals surface area (Å²) in [7, 11) is 1.31. The summed E-state index contributed by atoms with van der Waals surface area (Å²) in [6.07, 6.45) is 2.01. The molecule has 0 fully saturated rings. The number of aromatic nitrogens is 1. The lowest BCUT2D eigenvalue weighted by Gasteiger charge is -2.16. The Labute approximate surface area is 176 Å². The van der Waals surface area contributed by atoms with Crippen molar-refractivity contribution in [3.8, 4) is 0 Å². The molecule has 0 aliphatic rings. The molecule has 156 valence electrons. The highest BCUT2D eigenvalue weighted by Gasteiger charge is 2.13. The van der Waals surface area contributed by atoms with E-state index in [9.17, 15) is 9.59 Å². The maximum atomic E-state index is 12.4. The summed E-state index contributed by atoms with van der Waals surface area (Å²) in [4.78, 5) is 24.3. The van der Waals surface area contributed by atoms with E-state index < -0.39 is 5.97 Å². The molecular weight excluding hydrogens is 378 g/mol. The van der Waals surface area contributed by atoms with E-state index in [1.165, 1.54) is 29.4 Å². The van der Waals surface area contributed by atoms with Gasteiger partial charge in [-0.05, 0) is 61.7 Å². The zero-order valence-corrected chi connectivity index (χ0v) is 17.8. The van der Waals surface area contributed by atoms with Gasteiger partial charge >= 0.3 is 12.0 Å². The van der Waals surface area contributed by atoms with Crippen molar-refractivity contribution in [1.82, 2.24) is 9.88 Å². The van der Waals surface area contributed by atoms with Gasteiger partial charge in [-0.2, -0.15) is 0 Å². The van der Waals surface area contributed by atoms with Crippen LogP contribution in [-0.4, -0.2) is 23.7 Å². The summed E-state index contributed by atoms with van der Waals surface area (Å²) in [5.74, 6) is -0.497. The smallest absolute Gasteiger partial charge is 0.339 e. The van der Waals surface area contributed by atoms with E-state index in [1.54, 1.807) is 24.3 Å². The highest BCUT2D eigenvalue weighted by atomic mass is 16.5. The number of carbonyl (C=O) groups excluding carboxylic acids is 2. The van der Waals surface area contributed by atoms with Crippen molar-refractivity contribution in [2.45, 2.75) is 33.9 Å². The summed E-state index contributed by atoms with van der Waals surface area (Å²) in [5, 5.41) is 5.58. The lowest BCUT2D eigenvalue weighted by atomic mass is 10.00. The van der Waals surface area contributed by atoms with Crippen molar-refractivity contribution in [2.24, 2.45) is 0 Å². The van der Waals surface area contributed by atoms with E-state index in [0.29, 0.717) is 17.8 Å². The molecule has 0 saturated carbocycles. The number of methoxy groups -OCH3 is 1. The number of carbonyl (C=O) groups is 2. The average molecular weight is 405 g/mol. The van der Waals surface area contributed by atoms with E-state index >= 15 is 0 Å². The van der Waals surface area contributed by atoms with Gasteiger partial charge in [0.1, 0.15) is 0 Å². The molecule has 0 saturated heterocycles. The molecule has 1 heterocycles. The van der Waals surface area contributed by atoms with Crippen LogP contribution in [0.5, 0.6) is 0 Å². The van der Waals surface area contributed by atoms with E-state index in [-0.39, 0.29) is 6.03 Å². The van der Waals surface area contributed by atoms with Crippen molar-refractivity contribution >= 4 is 17.7 Å². The number of hydrogen-bond acceptors (Lipinski definition) is 3. The molecule has 3 aromatic rings. The molecule has 1 aromatic heterocycles. The van der Waals surface area contributed by atoms with E-state index in [4.69, 9.17) is 4.74 Å². The first kappa shape index (κ1) is 21.2. The zero-order chi connectivity index (χ0) is 21.7. The van der Waals surface area contributed by atoms with Gasteiger partial charge in [-0.1, -0.05) is 29.8 Å². The molecule has 0 aliphatic carbocycles. The molecule has 0 bridgehead atoms. The molecule has 0 unspecified atom stereocenters. The van der Waals surface area contributed by atoms with Gasteiger partial charge in [0, 0.05) is 18.4 Å². The van der Waals surface area contributed by atoms with Crippen LogP contribution < -0.4 is 10.6 Å². The number of aryl methyl sites for hydroxylation is 3. The summed E-state index contributed by atoms with van der Waals surface area (Å²) in [6.45, 7) is 7.47. The minimum absolute atomic E-state index is 0.309. The Morgan fingerprint density at radius 2 is 1.70 bits per heavy atom. The Kier molecular flexibility index (Phi) is 6.57. The van der Waals surface area contributed by atoms with E-state index in [2.05, 4.69) is 48.1 Å². The number of urea groups is 1. The quantitative estimate of drug-likeness (QED) is 0.590. The first-order valence-electron chi connectivity index (χ1n) is 9.82. The molecule has 6 nitrogen and oxygen atoms in total. The predicted molar refractivity (Wildman–Crippen MR) is 118 cm³/mol. The SMILES string of the molecule is COC(=O)c1ccccc1NC(=O)NCc1cccn1Cc1c(C)cc(C)cc1C. The van der Waals surface area contributed by atoms with Gasteiger partial charge in [0.15, 0.2) is 0 Å². The van der Waals surface area contributed by atoms with Gasteiger partial charge in [0.05, 0.1) is 24.9 Å².